The van der Waals surface area contributed by atoms with Crippen LogP contribution in [0, 0.1) is 27.9 Å². The molecule has 11 heteroatoms. The molecule has 0 amide bonds. The number of hydrogen-bond donors (Lipinski definition) is 2. The molecule has 0 bridgehead atoms. The number of aliphatic hydroxyl groups is 2. The van der Waals surface area contributed by atoms with Crippen molar-refractivity contribution in [3.63, 3.8) is 0 Å². The van der Waals surface area contributed by atoms with E-state index in [1.807, 2.05) is 18.2 Å². The van der Waals surface area contributed by atoms with E-state index in [1.54, 1.807) is 37.1 Å². The monoisotopic (exact) mass is 666 g/mol. The Bertz CT molecular complexity index is 1460. The summed E-state index contributed by atoms with van der Waals surface area (Å²) in [5.74, 6) is 1.57. The number of ether oxygens (including phenoxy) is 3. The molecule has 254 valence electrons. The lowest BCUT2D eigenvalue weighted by Crippen LogP contribution is -2.64. The van der Waals surface area contributed by atoms with Crippen LogP contribution in [0.25, 0.3) is 0 Å². The number of nitro groups is 1. The Morgan fingerprint density at radius 3 is 2.60 bits per heavy atom. The number of nitro benzene ring substituents is 1. The van der Waals surface area contributed by atoms with Gasteiger partial charge >= 0.3 is 0 Å². The zero-order valence-electron chi connectivity index (χ0n) is 27.2. The summed E-state index contributed by atoms with van der Waals surface area (Å²) in [5.41, 5.74) is 2.90. The molecule has 0 radical (unpaired) electrons. The second-order valence-electron chi connectivity index (χ2n) is 12.2. The summed E-state index contributed by atoms with van der Waals surface area (Å²) in [5, 5.41) is 35.3. The number of rotatable bonds is 17. The maximum absolute atomic E-state index is 11.4. The first-order valence-corrected chi connectivity index (χ1v) is 17.6. The number of thioether (sulfide) groups is 1. The van der Waals surface area contributed by atoms with E-state index in [0.717, 1.165) is 60.5 Å². The van der Waals surface area contributed by atoms with Crippen molar-refractivity contribution in [2.45, 2.75) is 68.8 Å². The van der Waals surface area contributed by atoms with Crippen molar-refractivity contribution < 1.29 is 34.2 Å². The molecule has 3 aliphatic rings. The van der Waals surface area contributed by atoms with Gasteiger partial charge in [-0.05, 0) is 73.1 Å². The second kappa shape index (κ2) is 16.1. The molecular formula is C36H46N2O8S. The number of unbranched alkanes of at least 4 members (excludes halogenated alkanes) is 2. The highest BCUT2D eigenvalue weighted by atomic mass is 32.2. The molecule has 1 heterocycles. The smallest absolute Gasteiger partial charge is 0.273 e. The number of fused-ring (bicyclic) bond motifs is 2. The van der Waals surface area contributed by atoms with Gasteiger partial charge in [-0.3, -0.25) is 10.1 Å². The van der Waals surface area contributed by atoms with Crippen LogP contribution in [-0.4, -0.2) is 64.6 Å². The van der Waals surface area contributed by atoms with E-state index in [2.05, 4.69) is 24.7 Å². The molecule has 10 nitrogen and oxygen atoms in total. The van der Waals surface area contributed by atoms with Crippen molar-refractivity contribution in [2.24, 2.45) is 22.9 Å². The van der Waals surface area contributed by atoms with Crippen LogP contribution in [0.2, 0.25) is 0 Å². The number of hydrogen-bond acceptors (Lipinski definition) is 10. The normalized spacial score (nSPS) is 26.9. The van der Waals surface area contributed by atoms with Crippen LogP contribution in [0.5, 0.6) is 17.2 Å². The fraction of sp³-hybridized carbons (Fsp3) is 0.528. The highest BCUT2D eigenvalue weighted by Gasteiger charge is 2.63. The van der Waals surface area contributed by atoms with E-state index in [0.29, 0.717) is 30.9 Å². The van der Waals surface area contributed by atoms with E-state index in [9.17, 15) is 20.3 Å². The SMILES string of the molecule is C=CCOC12Oc3ccc(Oc4cccc([N+](=O)[O-])c4)cc3C3C(CCCCO)C(CCCCO)C=C(C(=NOC)CC1SCC)C32. The van der Waals surface area contributed by atoms with Crippen molar-refractivity contribution in [3.05, 3.63) is 82.4 Å². The molecule has 5 rings (SSSR count). The topological polar surface area (TPSA) is 133 Å². The maximum atomic E-state index is 11.4. The first kappa shape index (κ1) is 34.9. The van der Waals surface area contributed by atoms with Crippen molar-refractivity contribution in [3.8, 4) is 17.2 Å². The molecule has 47 heavy (non-hydrogen) atoms. The Morgan fingerprint density at radius 1 is 1.13 bits per heavy atom. The number of nitrogens with zero attached hydrogens (tertiary/aromatic N) is 2. The van der Waals surface area contributed by atoms with Crippen LogP contribution in [0.1, 0.15) is 63.4 Å². The third-order valence-electron chi connectivity index (χ3n) is 9.45. The van der Waals surface area contributed by atoms with Gasteiger partial charge in [0.25, 0.3) is 5.69 Å². The number of aliphatic hydroxyl groups excluding tert-OH is 2. The summed E-state index contributed by atoms with van der Waals surface area (Å²) in [7, 11) is 1.58. The quantitative estimate of drug-likeness (QED) is 0.0767. The maximum Gasteiger partial charge on any atom is 0.273 e. The predicted molar refractivity (Wildman–Crippen MR) is 183 cm³/mol. The third kappa shape index (κ3) is 7.38. The zero-order chi connectivity index (χ0) is 33.4. The molecule has 0 saturated heterocycles. The Kier molecular flexibility index (Phi) is 12.0. The standard InChI is InChI=1S/C36H46N2O8S/c1-4-19-44-36-33(47-5-2)23-31(37-43-3)29-20-24(11-6-8-17-39)28(14-7-9-18-40)34(35(29)36)30-22-27(15-16-32(30)46-36)45-26-13-10-12-25(21-26)38(41)42/h4,10,12-13,15-16,20-22,24,28,33-35,39-40H,1,5-9,11,14,17-19,23H2,2-3H3. The highest BCUT2D eigenvalue weighted by molar-refractivity contribution is 8.00. The van der Waals surface area contributed by atoms with Crippen molar-refractivity contribution >= 4 is 23.2 Å². The highest BCUT2D eigenvalue weighted by Crippen LogP contribution is 2.62. The number of oxime groups is 1. The largest absolute Gasteiger partial charge is 0.460 e. The Morgan fingerprint density at radius 2 is 1.89 bits per heavy atom. The number of non-ortho nitro benzene ring substituents is 1. The lowest BCUT2D eigenvalue weighted by molar-refractivity contribution is -0.384. The lowest BCUT2D eigenvalue weighted by atomic mass is 9.56. The van der Waals surface area contributed by atoms with Gasteiger partial charge in [-0.15, -0.1) is 6.58 Å². The minimum atomic E-state index is -1.00. The summed E-state index contributed by atoms with van der Waals surface area (Å²) in [6.07, 6.45) is 9.66. The molecule has 6 atom stereocenters. The van der Waals surface area contributed by atoms with Gasteiger partial charge in [0.15, 0.2) is 0 Å². The van der Waals surface area contributed by atoms with Crippen LogP contribution < -0.4 is 9.47 Å². The minimum absolute atomic E-state index is 0.0451. The Balaban J connectivity index is 1.69. The molecule has 2 aromatic rings. The Labute approximate surface area is 281 Å². The summed E-state index contributed by atoms with van der Waals surface area (Å²) >= 11 is 1.79. The van der Waals surface area contributed by atoms with E-state index >= 15 is 0 Å². The number of allylic oxidation sites excluding steroid dienone is 1. The van der Waals surface area contributed by atoms with Gasteiger partial charge in [0.05, 0.1) is 34.5 Å². The van der Waals surface area contributed by atoms with Crippen LogP contribution in [0.3, 0.4) is 0 Å². The van der Waals surface area contributed by atoms with Crippen LogP contribution in [-0.2, 0) is 9.57 Å². The first-order valence-electron chi connectivity index (χ1n) is 16.6. The van der Waals surface area contributed by atoms with Gasteiger partial charge < -0.3 is 29.3 Å². The van der Waals surface area contributed by atoms with Gasteiger partial charge in [-0.1, -0.05) is 43.1 Å². The fourth-order valence-corrected chi connectivity index (χ4v) is 8.82. The molecule has 0 spiro atoms. The van der Waals surface area contributed by atoms with E-state index in [4.69, 9.17) is 19.0 Å². The van der Waals surface area contributed by atoms with Gasteiger partial charge in [0.1, 0.15) is 24.4 Å². The van der Waals surface area contributed by atoms with Crippen molar-refractivity contribution in [2.75, 3.05) is 32.7 Å². The predicted octanol–water partition coefficient (Wildman–Crippen LogP) is 7.40. The molecule has 1 aliphatic heterocycles. The molecule has 2 aliphatic carbocycles. The fourth-order valence-electron chi connectivity index (χ4n) is 7.65. The summed E-state index contributed by atoms with van der Waals surface area (Å²) < 4.78 is 20.1. The van der Waals surface area contributed by atoms with E-state index in [1.165, 1.54) is 12.1 Å². The van der Waals surface area contributed by atoms with Gasteiger partial charge in [0.2, 0.25) is 5.79 Å². The third-order valence-corrected chi connectivity index (χ3v) is 10.7. The summed E-state index contributed by atoms with van der Waals surface area (Å²) in [6.45, 7) is 6.67. The first-order chi connectivity index (χ1) is 22.9. The average Bonchev–Trinajstić information content (AvgIpc) is 3.07. The van der Waals surface area contributed by atoms with Gasteiger partial charge in [0, 0.05) is 37.2 Å². The minimum Gasteiger partial charge on any atom is -0.460 e. The molecule has 1 saturated carbocycles. The molecule has 2 aromatic carbocycles. The van der Waals surface area contributed by atoms with Crippen LogP contribution in [0.4, 0.5) is 5.69 Å². The number of benzene rings is 2. The molecule has 1 fully saturated rings. The van der Waals surface area contributed by atoms with Gasteiger partial charge in [-0.25, -0.2) is 0 Å². The molecule has 0 aromatic heterocycles. The summed E-state index contributed by atoms with van der Waals surface area (Å²) in [4.78, 5) is 16.4. The van der Waals surface area contributed by atoms with Gasteiger partial charge in [-0.2, -0.15) is 11.8 Å². The van der Waals surface area contributed by atoms with Crippen LogP contribution >= 0.6 is 11.8 Å². The van der Waals surface area contributed by atoms with Crippen molar-refractivity contribution in [1.82, 2.24) is 0 Å². The molecular weight excluding hydrogens is 620 g/mol. The second-order valence-corrected chi connectivity index (χ2v) is 13.7. The van der Waals surface area contributed by atoms with Crippen LogP contribution in [0.15, 0.2) is 71.9 Å². The molecule has 2 N–H and O–H groups in total. The summed E-state index contributed by atoms with van der Waals surface area (Å²) in [6, 6.07) is 11.9. The Hall–Kier alpha value is -3.38. The van der Waals surface area contributed by atoms with E-state index in [-0.39, 0.29) is 47.8 Å². The lowest BCUT2D eigenvalue weighted by Gasteiger charge is -2.58. The van der Waals surface area contributed by atoms with Crippen molar-refractivity contribution in [1.29, 1.82) is 0 Å². The molecule has 6 unspecified atom stereocenters. The zero-order valence-corrected chi connectivity index (χ0v) is 28.0. The average molecular weight is 667 g/mol. The van der Waals surface area contributed by atoms with E-state index < -0.39 is 10.7 Å².